The van der Waals surface area contributed by atoms with Gasteiger partial charge in [0.05, 0.1) is 47.1 Å². The summed E-state index contributed by atoms with van der Waals surface area (Å²) in [6.45, 7) is 3.66. The number of allylic oxidation sites excluding steroid dienone is 1. The molecule has 0 saturated heterocycles. The Balaban J connectivity index is 1.97. The second-order valence-corrected chi connectivity index (χ2v) is 9.77. The number of hydrogen-bond donors (Lipinski definition) is 0. The van der Waals surface area contributed by atoms with Gasteiger partial charge in [0.25, 0.3) is 5.56 Å². The molecular weight excluding hydrogens is 592 g/mol. The van der Waals surface area contributed by atoms with Crippen LogP contribution >= 0.6 is 43.2 Å². The molecule has 178 valence electrons. The van der Waals surface area contributed by atoms with Crippen LogP contribution in [0.4, 0.5) is 0 Å². The largest absolute Gasteiger partial charge is 0.493 e. The highest BCUT2D eigenvalue weighted by atomic mass is 79.9. The lowest BCUT2D eigenvalue weighted by Gasteiger charge is -2.25. The molecule has 1 aliphatic heterocycles. The number of methoxy groups -OCH3 is 2. The molecular formula is C23H20Br2N2O6S. The summed E-state index contributed by atoms with van der Waals surface area (Å²) in [5.74, 6) is 0.973. The lowest BCUT2D eigenvalue weighted by molar-refractivity contribution is -0.139. The number of benzene rings is 1. The number of halogens is 2. The smallest absolute Gasteiger partial charge is 0.338 e. The quantitative estimate of drug-likeness (QED) is 0.392. The van der Waals surface area contributed by atoms with Crippen LogP contribution in [-0.4, -0.2) is 31.4 Å². The van der Waals surface area contributed by atoms with Crippen molar-refractivity contribution < 1.29 is 23.4 Å². The molecule has 34 heavy (non-hydrogen) atoms. The van der Waals surface area contributed by atoms with Crippen LogP contribution in [0.1, 0.15) is 31.2 Å². The Morgan fingerprint density at radius 3 is 2.59 bits per heavy atom. The van der Waals surface area contributed by atoms with Crippen molar-refractivity contribution in [1.29, 1.82) is 0 Å². The predicted molar refractivity (Wildman–Crippen MR) is 134 cm³/mol. The van der Waals surface area contributed by atoms with Gasteiger partial charge in [0.1, 0.15) is 5.76 Å². The number of carbonyl (C=O) groups is 1. The molecule has 0 radical (unpaired) electrons. The van der Waals surface area contributed by atoms with Gasteiger partial charge in [-0.25, -0.2) is 9.79 Å². The fourth-order valence-electron chi connectivity index (χ4n) is 3.69. The maximum absolute atomic E-state index is 13.6. The SMILES string of the molecule is CCOC(=O)C1=C(C)N=c2s/c(=C/c3cc(Br)c(Br)o3)c(=O)n2[C@@H]1c1ccc(OC)c(OC)c1. The van der Waals surface area contributed by atoms with Gasteiger partial charge in [-0.05, 0) is 69.5 Å². The van der Waals surface area contributed by atoms with E-state index in [0.29, 0.717) is 42.5 Å². The average Bonchev–Trinajstić information content (AvgIpc) is 3.29. The van der Waals surface area contributed by atoms with E-state index in [9.17, 15) is 9.59 Å². The Bertz CT molecular complexity index is 1460. The van der Waals surface area contributed by atoms with Crippen LogP contribution < -0.4 is 24.4 Å². The van der Waals surface area contributed by atoms with Crippen LogP contribution in [0, 0.1) is 0 Å². The van der Waals surface area contributed by atoms with Crippen molar-refractivity contribution in [3.8, 4) is 11.5 Å². The van der Waals surface area contributed by atoms with Crippen molar-refractivity contribution in [2.75, 3.05) is 20.8 Å². The second kappa shape index (κ2) is 9.93. The van der Waals surface area contributed by atoms with Crippen molar-refractivity contribution in [2.24, 2.45) is 4.99 Å². The molecule has 0 amide bonds. The minimum atomic E-state index is -0.757. The van der Waals surface area contributed by atoms with E-state index in [2.05, 4.69) is 36.9 Å². The Labute approximate surface area is 215 Å². The lowest BCUT2D eigenvalue weighted by atomic mass is 9.95. The molecule has 0 saturated carbocycles. The lowest BCUT2D eigenvalue weighted by Crippen LogP contribution is -2.39. The van der Waals surface area contributed by atoms with Crippen molar-refractivity contribution in [3.63, 3.8) is 0 Å². The third-order valence-electron chi connectivity index (χ3n) is 5.18. The first kappa shape index (κ1) is 24.5. The minimum absolute atomic E-state index is 0.195. The summed E-state index contributed by atoms with van der Waals surface area (Å²) in [7, 11) is 3.07. The number of fused-ring (bicyclic) bond motifs is 1. The third-order valence-corrected chi connectivity index (χ3v) is 7.87. The number of hydrogen-bond acceptors (Lipinski definition) is 8. The zero-order valence-corrected chi connectivity index (χ0v) is 22.7. The van der Waals surface area contributed by atoms with E-state index < -0.39 is 12.0 Å². The normalized spacial score (nSPS) is 15.7. The van der Waals surface area contributed by atoms with Crippen LogP contribution in [0.15, 0.2) is 58.9 Å². The predicted octanol–water partition coefficient (Wildman–Crippen LogP) is 3.93. The molecule has 0 N–H and O–H groups in total. The van der Waals surface area contributed by atoms with Crippen LogP contribution in [0.3, 0.4) is 0 Å². The first-order valence-electron chi connectivity index (χ1n) is 10.2. The van der Waals surface area contributed by atoms with E-state index in [4.69, 9.17) is 18.6 Å². The van der Waals surface area contributed by atoms with Gasteiger partial charge < -0.3 is 18.6 Å². The van der Waals surface area contributed by atoms with Gasteiger partial charge in [0, 0.05) is 6.08 Å². The fraction of sp³-hybridized carbons (Fsp3) is 0.261. The minimum Gasteiger partial charge on any atom is -0.493 e. The number of furan rings is 1. The molecule has 0 spiro atoms. The van der Waals surface area contributed by atoms with Gasteiger partial charge in [-0.2, -0.15) is 0 Å². The van der Waals surface area contributed by atoms with E-state index in [0.717, 1.165) is 4.47 Å². The van der Waals surface area contributed by atoms with E-state index in [1.807, 2.05) is 0 Å². The summed E-state index contributed by atoms with van der Waals surface area (Å²) in [6, 6.07) is 6.28. The highest BCUT2D eigenvalue weighted by molar-refractivity contribution is 9.13. The van der Waals surface area contributed by atoms with Gasteiger partial charge in [0.2, 0.25) is 0 Å². The molecule has 8 nitrogen and oxygen atoms in total. The zero-order valence-electron chi connectivity index (χ0n) is 18.7. The Hall–Kier alpha value is -2.63. The summed E-state index contributed by atoms with van der Waals surface area (Å²) < 4.78 is 24.9. The first-order valence-corrected chi connectivity index (χ1v) is 12.6. The Kier molecular flexibility index (Phi) is 7.15. The van der Waals surface area contributed by atoms with Crippen molar-refractivity contribution in [3.05, 3.63) is 75.7 Å². The summed E-state index contributed by atoms with van der Waals surface area (Å²) in [5, 5.41) is 0. The summed E-state index contributed by atoms with van der Waals surface area (Å²) in [6.07, 6.45) is 1.65. The number of carbonyl (C=O) groups excluding carboxylic acids is 1. The van der Waals surface area contributed by atoms with Gasteiger partial charge in [-0.1, -0.05) is 17.4 Å². The van der Waals surface area contributed by atoms with Crippen molar-refractivity contribution >= 4 is 55.2 Å². The molecule has 0 aliphatic carbocycles. The molecule has 11 heteroatoms. The van der Waals surface area contributed by atoms with Crippen LogP contribution in [0.2, 0.25) is 0 Å². The van der Waals surface area contributed by atoms with Crippen LogP contribution in [0.25, 0.3) is 6.08 Å². The molecule has 0 unspecified atom stereocenters. The molecule has 1 aliphatic rings. The summed E-state index contributed by atoms with van der Waals surface area (Å²) in [4.78, 5) is 31.6. The maximum Gasteiger partial charge on any atom is 0.338 e. The molecule has 0 fully saturated rings. The van der Waals surface area contributed by atoms with Gasteiger partial charge in [0.15, 0.2) is 21.0 Å². The molecule has 2 aromatic heterocycles. The fourth-order valence-corrected chi connectivity index (χ4v) is 5.33. The number of ether oxygens (including phenoxy) is 3. The van der Waals surface area contributed by atoms with Crippen molar-refractivity contribution in [2.45, 2.75) is 19.9 Å². The Morgan fingerprint density at radius 2 is 1.97 bits per heavy atom. The van der Waals surface area contributed by atoms with Gasteiger partial charge in [-0.3, -0.25) is 9.36 Å². The van der Waals surface area contributed by atoms with E-state index in [1.54, 1.807) is 51.3 Å². The third kappa shape index (κ3) is 4.39. The van der Waals surface area contributed by atoms with E-state index >= 15 is 0 Å². The van der Waals surface area contributed by atoms with Crippen molar-refractivity contribution in [1.82, 2.24) is 4.57 Å². The van der Waals surface area contributed by atoms with Gasteiger partial charge in [-0.15, -0.1) is 0 Å². The average molecular weight is 612 g/mol. The van der Waals surface area contributed by atoms with Gasteiger partial charge >= 0.3 is 5.97 Å². The maximum atomic E-state index is 13.6. The highest BCUT2D eigenvalue weighted by Gasteiger charge is 2.34. The van der Waals surface area contributed by atoms with Crippen LogP contribution in [0.5, 0.6) is 11.5 Å². The number of aromatic nitrogens is 1. The molecule has 1 aromatic carbocycles. The number of thiazole rings is 1. The Morgan fingerprint density at radius 1 is 1.24 bits per heavy atom. The summed E-state index contributed by atoms with van der Waals surface area (Å²) >= 11 is 7.90. The topological polar surface area (TPSA) is 92.3 Å². The van der Waals surface area contributed by atoms with E-state index in [-0.39, 0.29) is 17.7 Å². The first-order chi connectivity index (χ1) is 16.3. The standard InChI is InChI=1S/C23H20Br2N2O6S/c1-5-32-22(29)18-11(2)26-23-27(19(18)12-6-7-15(30-3)16(8-12)31-4)21(28)17(34-23)10-13-9-14(24)20(25)33-13/h6-10,19H,5H2,1-4H3/b17-10+/t19-/m1/s1. The van der Waals surface area contributed by atoms with E-state index in [1.165, 1.54) is 23.0 Å². The highest BCUT2D eigenvalue weighted by Crippen LogP contribution is 2.36. The zero-order chi connectivity index (χ0) is 24.6. The number of esters is 1. The molecule has 0 bridgehead atoms. The van der Waals surface area contributed by atoms with Crippen LogP contribution in [-0.2, 0) is 9.53 Å². The number of nitrogens with zero attached hydrogens (tertiary/aromatic N) is 2. The summed E-state index contributed by atoms with van der Waals surface area (Å²) in [5.41, 5.74) is 1.12. The molecule has 3 aromatic rings. The molecule has 4 rings (SSSR count). The number of rotatable bonds is 6. The molecule has 3 heterocycles. The molecule has 1 atom stereocenters. The second-order valence-electron chi connectivity index (χ2n) is 7.19. The monoisotopic (exact) mass is 610 g/mol.